The molecule has 1 aliphatic carbocycles. The van der Waals surface area contributed by atoms with E-state index in [9.17, 15) is 4.79 Å². The van der Waals surface area contributed by atoms with Gasteiger partial charge in [-0.15, -0.1) is 0 Å². The van der Waals surface area contributed by atoms with Crippen LogP contribution < -0.4 is 11.1 Å². The molecule has 1 saturated carbocycles. The number of benzene rings is 1. The third-order valence-corrected chi connectivity index (χ3v) is 3.72. The summed E-state index contributed by atoms with van der Waals surface area (Å²) in [7, 11) is 1.70. The summed E-state index contributed by atoms with van der Waals surface area (Å²) in [5.74, 6) is -0.149. The fourth-order valence-corrected chi connectivity index (χ4v) is 2.19. The van der Waals surface area contributed by atoms with Gasteiger partial charge in [0.05, 0.1) is 5.60 Å². The van der Waals surface area contributed by atoms with Crippen LogP contribution in [0.1, 0.15) is 30.9 Å². The van der Waals surface area contributed by atoms with E-state index in [2.05, 4.69) is 5.32 Å². The van der Waals surface area contributed by atoms with Crippen molar-refractivity contribution in [1.29, 1.82) is 0 Å². The largest absolute Gasteiger partial charge is 0.376 e. The molecule has 1 aromatic carbocycles. The summed E-state index contributed by atoms with van der Waals surface area (Å²) >= 11 is 0. The van der Waals surface area contributed by atoms with Crippen LogP contribution in [0.25, 0.3) is 0 Å². The Bertz CT molecular complexity index is 396. The summed E-state index contributed by atoms with van der Waals surface area (Å²) in [5.41, 5.74) is 6.58. The maximum atomic E-state index is 12.0. The summed E-state index contributed by atoms with van der Waals surface area (Å²) in [6, 6.07) is 8.78. The highest BCUT2D eigenvalue weighted by molar-refractivity contribution is 5.82. The molecule has 0 radical (unpaired) electrons. The van der Waals surface area contributed by atoms with Gasteiger partial charge in [-0.1, -0.05) is 30.3 Å². The maximum Gasteiger partial charge on any atom is 0.241 e. The molecular weight excluding hydrogens is 228 g/mol. The molecule has 4 heteroatoms. The minimum atomic E-state index is -0.611. The van der Waals surface area contributed by atoms with Gasteiger partial charge in [-0.2, -0.15) is 0 Å². The zero-order valence-corrected chi connectivity index (χ0v) is 10.7. The molecule has 98 valence electrons. The number of carbonyl (C=O) groups excluding carboxylic acids is 1. The standard InChI is InChI=1S/C14H20N2O2/c1-18-14(8-5-9-14)10-16-13(17)12(15)11-6-3-2-4-7-11/h2-4,6-7,12H,5,8-10,15H2,1H3,(H,16,17)/t12-/m0/s1. The monoisotopic (exact) mass is 248 g/mol. The maximum absolute atomic E-state index is 12.0. The Labute approximate surface area is 108 Å². The third-order valence-electron chi connectivity index (χ3n) is 3.72. The van der Waals surface area contributed by atoms with Crippen molar-refractivity contribution in [1.82, 2.24) is 5.32 Å². The second-order valence-electron chi connectivity index (χ2n) is 4.85. The molecule has 1 aliphatic rings. The fourth-order valence-electron chi connectivity index (χ4n) is 2.19. The Kier molecular flexibility index (Phi) is 3.99. The molecule has 0 aromatic heterocycles. The third kappa shape index (κ3) is 2.71. The van der Waals surface area contributed by atoms with Crippen LogP contribution in [0.3, 0.4) is 0 Å². The Morgan fingerprint density at radius 2 is 2.11 bits per heavy atom. The van der Waals surface area contributed by atoms with Crippen molar-refractivity contribution in [3.8, 4) is 0 Å². The van der Waals surface area contributed by atoms with E-state index in [-0.39, 0.29) is 11.5 Å². The lowest BCUT2D eigenvalue weighted by Gasteiger charge is -2.40. The van der Waals surface area contributed by atoms with Crippen molar-refractivity contribution in [2.45, 2.75) is 30.9 Å². The predicted octanol–water partition coefficient (Wildman–Crippen LogP) is 1.37. The average molecular weight is 248 g/mol. The number of amides is 1. The van der Waals surface area contributed by atoms with Gasteiger partial charge < -0.3 is 15.8 Å². The van der Waals surface area contributed by atoms with E-state index in [1.54, 1.807) is 7.11 Å². The van der Waals surface area contributed by atoms with E-state index in [4.69, 9.17) is 10.5 Å². The molecule has 0 spiro atoms. The normalized spacial score (nSPS) is 18.8. The molecule has 4 nitrogen and oxygen atoms in total. The second-order valence-corrected chi connectivity index (χ2v) is 4.85. The molecule has 0 saturated heterocycles. The number of nitrogens with one attached hydrogen (secondary N) is 1. The van der Waals surface area contributed by atoms with Gasteiger partial charge >= 0.3 is 0 Å². The van der Waals surface area contributed by atoms with Gasteiger partial charge in [0, 0.05) is 13.7 Å². The van der Waals surface area contributed by atoms with E-state index >= 15 is 0 Å². The fraction of sp³-hybridized carbons (Fsp3) is 0.500. The highest BCUT2D eigenvalue weighted by Crippen LogP contribution is 2.34. The van der Waals surface area contributed by atoms with E-state index in [1.807, 2.05) is 30.3 Å². The van der Waals surface area contributed by atoms with Crippen LogP contribution in [0, 0.1) is 0 Å². The van der Waals surface area contributed by atoms with Gasteiger partial charge in [0.2, 0.25) is 5.91 Å². The number of ether oxygens (including phenoxy) is 1. The first-order valence-electron chi connectivity index (χ1n) is 6.30. The molecule has 1 aromatic rings. The van der Waals surface area contributed by atoms with Crippen molar-refractivity contribution in [2.75, 3.05) is 13.7 Å². The summed E-state index contributed by atoms with van der Waals surface area (Å²) in [5, 5.41) is 2.89. The molecular formula is C14H20N2O2. The quantitative estimate of drug-likeness (QED) is 0.827. The van der Waals surface area contributed by atoms with Gasteiger partial charge in [-0.05, 0) is 24.8 Å². The smallest absolute Gasteiger partial charge is 0.241 e. The van der Waals surface area contributed by atoms with Gasteiger partial charge in [0.25, 0.3) is 0 Å². The number of hydrogen-bond acceptors (Lipinski definition) is 3. The van der Waals surface area contributed by atoms with Crippen molar-refractivity contribution in [2.24, 2.45) is 5.73 Å². The highest BCUT2D eigenvalue weighted by atomic mass is 16.5. The number of carbonyl (C=O) groups is 1. The lowest BCUT2D eigenvalue weighted by molar-refractivity contribution is -0.126. The zero-order chi connectivity index (χ0) is 13.0. The Morgan fingerprint density at radius 1 is 1.44 bits per heavy atom. The van der Waals surface area contributed by atoms with Crippen LogP contribution in [0.2, 0.25) is 0 Å². The van der Waals surface area contributed by atoms with E-state index in [0.717, 1.165) is 24.8 Å². The SMILES string of the molecule is COC1(CNC(=O)[C@@H](N)c2ccccc2)CCC1. The van der Waals surface area contributed by atoms with Crippen molar-refractivity contribution in [3.05, 3.63) is 35.9 Å². The van der Waals surface area contributed by atoms with Crippen molar-refractivity contribution >= 4 is 5.91 Å². The number of hydrogen-bond donors (Lipinski definition) is 2. The summed E-state index contributed by atoms with van der Waals surface area (Å²) in [6.07, 6.45) is 3.17. The summed E-state index contributed by atoms with van der Waals surface area (Å²) < 4.78 is 5.45. The highest BCUT2D eigenvalue weighted by Gasteiger charge is 2.37. The Balaban J connectivity index is 1.88. The molecule has 1 atom stereocenters. The first-order valence-corrected chi connectivity index (χ1v) is 6.30. The summed E-state index contributed by atoms with van der Waals surface area (Å²) in [4.78, 5) is 12.0. The van der Waals surface area contributed by atoms with E-state index in [1.165, 1.54) is 0 Å². The van der Waals surface area contributed by atoms with Gasteiger partial charge in [-0.25, -0.2) is 0 Å². The van der Waals surface area contributed by atoms with Crippen LogP contribution >= 0.6 is 0 Å². The molecule has 0 bridgehead atoms. The minimum Gasteiger partial charge on any atom is -0.376 e. The molecule has 2 rings (SSSR count). The van der Waals surface area contributed by atoms with Crippen LogP contribution in [0.4, 0.5) is 0 Å². The van der Waals surface area contributed by atoms with Crippen LogP contribution in [0.15, 0.2) is 30.3 Å². The first-order chi connectivity index (χ1) is 8.67. The van der Waals surface area contributed by atoms with Crippen molar-refractivity contribution < 1.29 is 9.53 Å². The van der Waals surface area contributed by atoms with Crippen LogP contribution in [-0.2, 0) is 9.53 Å². The zero-order valence-electron chi connectivity index (χ0n) is 10.7. The topological polar surface area (TPSA) is 64.3 Å². The van der Waals surface area contributed by atoms with E-state index < -0.39 is 6.04 Å². The van der Waals surface area contributed by atoms with Crippen LogP contribution in [-0.4, -0.2) is 25.2 Å². The molecule has 0 unspecified atom stereocenters. The molecule has 1 amide bonds. The van der Waals surface area contributed by atoms with Crippen molar-refractivity contribution in [3.63, 3.8) is 0 Å². The summed E-state index contributed by atoms with van der Waals surface area (Å²) in [6.45, 7) is 0.545. The minimum absolute atomic E-state index is 0.149. The Hall–Kier alpha value is -1.39. The van der Waals surface area contributed by atoms with Gasteiger partial charge in [0.1, 0.15) is 6.04 Å². The first kappa shape index (κ1) is 13.1. The Morgan fingerprint density at radius 3 is 2.61 bits per heavy atom. The molecule has 1 fully saturated rings. The predicted molar refractivity (Wildman–Crippen MR) is 70.0 cm³/mol. The second kappa shape index (κ2) is 5.50. The average Bonchev–Trinajstić information content (AvgIpc) is 2.38. The molecule has 0 heterocycles. The molecule has 0 aliphatic heterocycles. The number of methoxy groups -OCH3 is 1. The molecule has 3 N–H and O–H groups in total. The number of rotatable bonds is 5. The van der Waals surface area contributed by atoms with Gasteiger partial charge in [0.15, 0.2) is 0 Å². The lowest BCUT2D eigenvalue weighted by atomic mass is 9.80. The van der Waals surface area contributed by atoms with Gasteiger partial charge in [-0.3, -0.25) is 4.79 Å². The lowest BCUT2D eigenvalue weighted by Crippen LogP contribution is -2.50. The van der Waals surface area contributed by atoms with Crippen LogP contribution in [0.5, 0.6) is 0 Å². The number of nitrogens with two attached hydrogens (primary N) is 1. The van der Waals surface area contributed by atoms with E-state index in [0.29, 0.717) is 6.54 Å². The molecule has 18 heavy (non-hydrogen) atoms.